The lowest BCUT2D eigenvalue weighted by Gasteiger charge is -2.37. The number of amides is 2. The highest BCUT2D eigenvalue weighted by Crippen LogP contribution is 2.31. The van der Waals surface area contributed by atoms with Crippen molar-refractivity contribution in [2.75, 3.05) is 25.5 Å². The van der Waals surface area contributed by atoms with Gasteiger partial charge in [0.2, 0.25) is 11.8 Å². The highest BCUT2D eigenvalue weighted by Gasteiger charge is 2.38. The molecule has 1 saturated carbocycles. The first-order chi connectivity index (χ1) is 10.5. The van der Waals surface area contributed by atoms with E-state index in [2.05, 4.69) is 0 Å². The first-order valence-electron chi connectivity index (χ1n) is 7.76. The van der Waals surface area contributed by atoms with Gasteiger partial charge in [0, 0.05) is 26.3 Å². The Morgan fingerprint density at radius 3 is 2.73 bits per heavy atom. The van der Waals surface area contributed by atoms with Crippen LogP contribution in [0.3, 0.4) is 0 Å². The molecule has 2 aliphatic rings. The van der Waals surface area contributed by atoms with Crippen LogP contribution >= 0.6 is 0 Å². The van der Waals surface area contributed by atoms with Crippen LogP contribution < -0.4 is 4.90 Å². The first-order valence-corrected chi connectivity index (χ1v) is 7.76. The molecule has 2 amide bonds. The third kappa shape index (κ3) is 2.61. The van der Waals surface area contributed by atoms with E-state index in [0.29, 0.717) is 18.9 Å². The second-order valence-electron chi connectivity index (χ2n) is 6.49. The van der Waals surface area contributed by atoms with Crippen molar-refractivity contribution in [2.45, 2.75) is 25.4 Å². The molecular weight excluding hydrogens is 280 g/mol. The third-order valence-electron chi connectivity index (χ3n) is 4.82. The second kappa shape index (κ2) is 5.72. The zero-order valence-electron chi connectivity index (χ0n) is 13.0. The lowest BCUT2D eigenvalue weighted by Crippen LogP contribution is -2.48. The highest BCUT2D eigenvalue weighted by atomic mass is 16.3. The van der Waals surface area contributed by atoms with Gasteiger partial charge in [-0.3, -0.25) is 9.59 Å². The van der Waals surface area contributed by atoms with Crippen LogP contribution in [0, 0.1) is 11.8 Å². The number of fused-ring (bicyclic) bond motifs is 1. The minimum Gasteiger partial charge on any atom is -0.393 e. The number of carbonyl (C=O) groups excluding carboxylic acids is 2. The van der Waals surface area contributed by atoms with Crippen molar-refractivity contribution in [1.29, 1.82) is 0 Å². The van der Waals surface area contributed by atoms with E-state index in [9.17, 15) is 14.7 Å². The molecule has 5 heteroatoms. The van der Waals surface area contributed by atoms with Crippen molar-refractivity contribution in [3.63, 3.8) is 0 Å². The van der Waals surface area contributed by atoms with Crippen LogP contribution in [0.5, 0.6) is 0 Å². The number of rotatable bonds is 3. The molecule has 22 heavy (non-hydrogen) atoms. The van der Waals surface area contributed by atoms with Crippen LogP contribution in [0.2, 0.25) is 0 Å². The van der Waals surface area contributed by atoms with Gasteiger partial charge in [-0.05, 0) is 36.8 Å². The van der Waals surface area contributed by atoms with Gasteiger partial charge in [0.15, 0.2) is 0 Å². The van der Waals surface area contributed by atoms with Crippen LogP contribution in [0.4, 0.5) is 5.69 Å². The molecule has 1 heterocycles. The smallest absolute Gasteiger partial charge is 0.239 e. The van der Waals surface area contributed by atoms with E-state index in [1.54, 1.807) is 23.9 Å². The molecule has 0 saturated heterocycles. The standard InChI is InChI=1S/C17H22N2O3/c1-18(10-11-7-13(20)8-11)16(21)14-9-12-5-3-4-6-15(12)19(2)17(14)22/h3-6,11,13-14,20H,7-10H2,1-2H3. The number of anilines is 1. The van der Waals surface area contributed by atoms with Crippen molar-refractivity contribution >= 4 is 17.5 Å². The minimum atomic E-state index is -0.630. The van der Waals surface area contributed by atoms with Gasteiger partial charge in [0.25, 0.3) is 0 Å². The molecule has 1 aliphatic carbocycles. The van der Waals surface area contributed by atoms with Gasteiger partial charge in [0.1, 0.15) is 5.92 Å². The Morgan fingerprint density at radius 2 is 2.05 bits per heavy atom. The third-order valence-corrected chi connectivity index (χ3v) is 4.82. The van der Waals surface area contributed by atoms with Crippen LogP contribution in [-0.4, -0.2) is 48.6 Å². The molecule has 118 valence electrons. The summed E-state index contributed by atoms with van der Waals surface area (Å²) in [5.41, 5.74) is 1.93. The molecule has 0 aromatic heterocycles. The fraction of sp³-hybridized carbons (Fsp3) is 0.529. The minimum absolute atomic E-state index is 0.118. The molecule has 5 nitrogen and oxygen atoms in total. The topological polar surface area (TPSA) is 60.9 Å². The van der Waals surface area contributed by atoms with E-state index < -0.39 is 5.92 Å². The average molecular weight is 302 g/mol. The number of aliphatic hydroxyl groups is 1. The van der Waals surface area contributed by atoms with Crippen molar-refractivity contribution in [3.05, 3.63) is 29.8 Å². The van der Waals surface area contributed by atoms with E-state index in [1.165, 1.54) is 0 Å². The Hall–Kier alpha value is -1.88. The summed E-state index contributed by atoms with van der Waals surface area (Å²) in [6.07, 6.45) is 1.75. The van der Waals surface area contributed by atoms with Crippen LogP contribution in [0.15, 0.2) is 24.3 Å². The van der Waals surface area contributed by atoms with E-state index in [-0.39, 0.29) is 17.9 Å². The number of carbonyl (C=O) groups is 2. The van der Waals surface area contributed by atoms with Gasteiger partial charge in [-0.15, -0.1) is 0 Å². The monoisotopic (exact) mass is 302 g/mol. The van der Waals surface area contributed by atoms with Crippen molar-refractivity contribution < 1.29 is 14.7 Å². The van der Waals surface area contributed by atoms with Crippen molar-refractivity contribution in [2.24, 2.45) is 11.8 Å². The first kappa shape index (κ1) is 15.0. The van der Waals surface area contributed by atoms with Gasteiger partial charge in [-0.25, -0.2) is 0 Å². The largest absolute Gasteiger partial charge is 0.393 e. The molecule has 0 spiro atoms. The highest BCUT2D eigenvalue weighted by molar-refractivity contribution is 6.09. The quantitative estimate of drug-likeness (QED) is 0.849. The summed E-state index contributed by atoms with van der Waals surface area (Å²) in [7, 11) is 3.48. The summed E-state index contributed by atoms with van der Waals surface area (Å²) in [5, 5.41) is 9.34. The molecule has 1 aromatic carbocycles. The maximum Gasteiger partial charge on any atom is 0.239 e. The van der Waals surface area contributed by atoms with Gasteiger partial charge in [0.05, 0.1) is 6.10 Å². The molecule has 0 bridgehead atoms. The molecule has 1 aliphatic heterocycles. The van der Waals surface area contributed by atoms with Crippen LogP contribution in [0.1, 0.15) is 18.4 Å². The number of hydrogen-bond acceptors (Lipinski definition) is 3. The summed E-state index contributed by atoms with van der Waals surface area (Å²) in [6, 6.07) is 7.72. The fourth-order valence-corrected chi connectivity index (χ4v) is 3.46. The summed E-state index contributed by atoms with van der Waals surface area (Å²) < 4.78 is 0. The Bertz CT molecular complexity index is 595. The van der Waals surface area contributed by atoms with Gasteiger partial charge in [-0.1, -0.05) is 18.2 Å². The maximum atomic E-state index is 12.6. The van der Waals surface area contributed by atoms with Gasteiger partial charge < -0.3 is 14.9 Å². The normalized spacial score (nSPS) is 27.1. The molecular formula is C17H22N2O3. The van der Waals surface area contributed by atoms with Gasteiger partial charge >= 0.3 is 0 Å². The molecule has 1 atom stereocenters. The Balaban J connectivity index is 1.71. The summed E-state index contributed by atoms with van der Waals surface area (Å²) in [4.78, 5) is 28.4. The molecule has 3 rings (SSSR count). The van der Waals surface area contributed by atoms with E-state index in [0.717, 1.165) is 24.1 Å². The molecule has 0 radical (unpaired) electrons. The molecule has 1 fully saturated rings. The Labute approximate surface area is 130 Å². The van der Waals surface area contributed by atoms with Crippen molar-refractivity contribution in [1.82, 2.24) is 4.90 Å². The maximum absolute atomic E-state index is 12.6. The zero-order valence-corrected chi connectivity index (χ0v) is 13.0. The second-order valence-corrected chi connectivity index (χ2v) is 6.49. The van der Waals surface area contributed by atoms with Crippen molar-refractivity contribution in [3.8, 4) is 0 Å². The van der Waals surface area contributed by atoms with E-state index in [4.69, 9.17) is 0 Å². The Morgan fingerprint density at radius 1 is 1.36 bits per heavy atom. The number of benzene rings is 1. The predicted molar refractivity (Wildman–Crippen MR) is 83.4 cm³/mol. The van der Waals surface area contributed by atoms with Gasteiger partial charge in [-0.2, -0.15) is 0 Å². The lowest BCUT2D eigenvalue weighted by atomic mass is 9.82. The number of aliphatic hydroxyl groups excluding tert-OH is 1. The number of hydrogen-bond donors (Lipinski definition) is 1. The fourth-order valence-electron chi connectivity index (χ4n) is 3.46. The summed E-state index contributed by atoms with van der Waals surface area (Å²) >= 11 is 0. The Kier molecular flexibility index (Phi) is 3.91. The number of nitrogens with zero attached hydrogens (tertiary/aromatic N) is 2. The van der Waals surface area contributed by atoms with Crippen LogP contribution in [-0.2, 0) is 16.0 Å². The van der Waals surface area contributed by atoms with E-state index >= 15 is 0 Å². The summed E-state index contributed by atoms with van der Waals surface area (Å²) in [5.74, 6) is -0.528. The lowest BCUT2D eigenvalue weighted by molar-refractivity contribution is -0.141. The SMILES string of the molecule is CN(CC1CC(O)C1)C(=O)C1Cc2ccccc2N(C)C1=O. The molecule has 1 N–H and O–H groups in total. The number of para-hydroxylation sites is 1. The molecule has 1 aromatic rings. The molecule has 1 unspecified atom stereocenters. The average Bonchev–Trinajstić information content (AvgIpc) is 2.48. The summed E-state index contributed by atoms with van der Waals surface area (Å²) in [6.45, 7) is 0.616. The zero-order chi connectivity index (χ0) is 15.9. The van der Waals surface area contributed by atoms with Crippen LogP contribution in [0.25, 0.3) is 0 Å². The predicted octanol–water partition coefficient (Wildman–Crippen LogP) is 1.05. The van der Waals surface area contributed by atoms with E-state index in [1.807, 2.05) is 24.3 Å².